The van der Waals surface area contributed by atoms with Gasteiger partial charge in [-0.1, -0.05) is 26.5 Å². The number of halogens is 2. The SMILES string of the molecule is C=C(C)C(=O)Oc1ccc(-c2cc(F)c(OCCOCC(C)C)c(F)c2)cc1OC. The highest BCUT2D eigenvalue weighted by Gasteiger charge is 2.16. The Balaban J connectivity index is 2.17. The lowest BCUT2D eigenvalue weighted by Gasteiger charge is -2.13. The molecule has 0 fully saturated rings. The number of esters is 1. The molecule has 5 nitrogen and oxygen atoms in total. The Labute approximate surface area is 175 Å². The largest absolute Gasteiger partial charge is 0.493 e. The summed E-state index contributed by atoms with van der Waals surface area (Å²) in [5.74, 6) is -1.92. The fraction of sp³-hybridized carbons (Fsp3) is 0.348. The molecule has 0 aliphatic rings. The van der Waals surface area contributed by atoms with Crippen LogP contribution in [0.25, 0.3) is 11.1 Å². The van der Waals surface area contributed by atoms with Crippen molar-refractivity contribution in [2.75, 3.05) is 26.9 Å². The lowest BCUT2D eigenvalue weighted by molar-refractivity contribution is -0.130. The van der Waals surface area contributed by atoms with Crippen molar-refractivity contribution in [3.8, 4) is 28.4 Å². The van der Waals surface area contributed by atoms with E-state index in [1.54, 1.807) is 6.07 Å². The summed E-state index contributed by atoms with van der Waals surface area (Å²) in [4.78, 5) is 11.7. The van der Waals surface area contributed by atoms with Crippen molar-refractivity contribution in [3.63, 3.8) is 0 Å². The molecule has 0 heterocycles. The lowest BCUT2D eigenvalue weighted by Crippen LogP contribution is -2.11. The molecule has 2 aromatic carbocycles. The van der Waals surface area contributed by atoms with E-state index in [2.05, 4.69) is 6.58 Å². The van der Waals surface area contributed by atoms with Crippen LogP contribution in [0.1, 0.15) is 20.8 Å². The molecule has 0 bridgehead atoms. The molecule has 162 valence electrons. The first-order valence-electron chi connectivity index (χ1n) is 9.48. The van der Waals surface area contributed by atoms with Gasteiger partial charge in [-0.15, -0.1) is 0 Å². The fourth-order valence-electron chi connectivity index (χ4n) is 2.50. The molecule has 0 unspecified atom stereocenters. The van der Waals surface area contributed by atoms with Crippen molar-refractivity contribution < 1.29 is 32.5 Å². The van der Waals surface area contributed by atoms with Crippen molar-refractivity contribution >= 4 is 5.97 Å². The van der Waals surface area contributed by atoms with Crippen LogP contribution in [0.3, 0.4) is 0 Å². The Hall–Kier alpha value is -2.93. The number of methoxy groups -OCH3 is 1. The van der Waals surface area contributed by atoms with Crippen LogP contribution in [-0.4, -0.2) is 32.9 Å². The maximum absolute atomic E-state index is 14.4. The van der Waals surface area contributed by atoms with Crippen LogP contribution in [0.15, 0.2) is 42.5 Å². The summed E-state index contributed by atoms with van der Waals surface area (Å²) in [6, 6.07) is 6.92. The topological polar surface area (TPSA) is 54.0 Å². The summed E-state index contributed by atoms with van der Waals surface area (Å²) in [7, 11) is 1.40. The molecule has 0 atom stereocenters. The van der Waals surface area contributed by atoms with Crippen molar-refractivity contribution in [2.24, 2.45) is 5.92 Å². The monoisotopic (exact) mass is 420 g/mol. The number of hydrogen-bond acceptors (Lipinski definition) is 5. The number of rotatable bonds is 10. The first kappa shape index (κ1) is 23.3. The van der Waals surface area contributed by atoms with E-state index < -0.39 is 23.4 Å². The minimum Gasteiger partial charge on any atom is -0.493 e. The molecule has 0 aliphatic heterocycles. The number of ether oxygens (including phenoxy) is 4. The lowest BCUT2D eigenvalue weighted by atomic mass is 10.0. The molecular formula is C23H26F2O5. The molecular weight excluding hydrogens is 394 g/mol. The van der Waals surface area contributed by atoms with Crippen LogP contribution in [0.5, 0.6) is 17.2 Å². The standard InChI is InChI=1S/C23H26F2O5/c1-14(2)13-28-8-9-29-22-18(24)10-17(11-19(22)25)16-6-7-20(21(12-16)27-5)30-23(26)15(3)4/h6-7,10-12,14H,3,8-9,13H2,1-2,4-5H3. The average molecular weight is 420 g/mol. The highest BCUT2D eigenvalue weighted by Crippen LogP contribution is 2.35. The molecule has 2 aromatic rings. The minimum absolute atomic E-state index is 0.0382. The van der Waals surface area contributed by atoms with Crippen LogP contribution >= 0.6 is 0 Å². The molecule has 0 N–H and O–H groups in total. The normalized spacial score (nSPS) is 10.8. The molecule has 0 saturated carbocycles. The molecule has 0 radical (unpaired) electrons. The van der Waals surface area contributed by atoms with Gasteiger partial charge in [-0.2, -0.15) is 0 Å². The number of hydrogen-bond donors (Lipinski definition) is 0. The van der Waals surface area contributed by atoms with Gasteiger partial charge in [0.2, 0.25) is 0 Å². The van der Waals surface area contributed by atoms with E-state index in [1.165, 1.54) is 38.3 Å². The molecule has 0 saturated heterocycles. The zero-order chi connectivity index (χ0) is 22.3. The van der Waals surface area contributed by atoms with Gasteiger partial charge in [-0.3, -0.25) is 0 Å². The van der Waals surface area contributed by atoms with E-state index in [4.69, 9.17) is 18.9 Å². The minimum atomic E-state index is -0.828. The third kappa shape index (κ3) is 6.29. The smallest absolute Gasteiger partial charge is 0.338 e. The van der Waals surface area contributed by atoms with E-state index in [0.29, 0.717) is 18.1 Å². The number of benzene rings is 2. The molecule has 0 spiro atoms. The fourth-order valence-corrected chi connectivity index (χ4v) is 2.50. The maximum Gasteiger partial charge on any atom is 0.338 e. The van der Waals surface area contributed by atoms with Gasteiger partial charge in [0.05, 0.1) is 13.7 Å². The Morgan fingerprint density at radius 3 is 2.27 bits per heavy atom. The quantitative estimate of drug-likeness (QED) is 0.230. The van der Waals surface area contributed by atoms with Crippen LogP contribution < -0.4 is 14.2 Å². The zero-order valence-corrected chi connectivity index (χ0v) is 17.6. The molecule has 7 heteroatoms. The van der Waals surface area contributed by atoms with E-state index in [-0.39, 0.29) is 35.8 Å². The second-order valence-electron chi connectivity index (χ2n) is 7.12. The molecule has 0 amide bonds. The van der Waals surface area contributed by atoms with Gasteiger partial charge in [0.25, 0.3) is 0 Å². The van der Waals surface area contributed by atoms with E-state index >= 15 is 0 Å². The predicted molar refractivity (Wildman–Crippen MR) is 110 cm³/mol. The Kier molecular flexibility index (Phi) is 8.35. The number of carbonyl (C=O) groups excluding carboxylic acids is 1. The highest BCUT2D eigenvalue weighted by atomic mass is 19.1. The van der Waals surface area contributed by atoms with E-state index in [9.17, 15) is 13.6 Å². The van der Waals surface area contributed by atoms with Gasteiger partial charge in [-0.05, 0) is 48.2 Å². The van der Waals surface area contributed by atoms with Crippen LogP contribution in [0.2, 0.25) is 0 Å². The third-order valence-electron chi connectivity index (χ3n) is 3.97. The molecule has 30 heavy (non-hydrogen) atoms. The summed E-state index contributed by atoms with van der Waals surface area (Å²) < 4.78 is 49.9. The van der Waals surface area contributed by atoms with Crippen LogP contribution in [0, 0.1) is 17.6 Å². The van der Waals surface area contributed by atoms with Gasteiger partial charge < -0.3 is 18.9 Å². The van der Waals surface area contributed by atoms with E-state index in [0.717, 1.165) is 0 Å². The maximum atomic E-state index is 14.4. The predicted octanol–water partition coefficient (Wildman–Crippen LogP) is 5.17. The van der Waals surface area contributed by atoms with Crippen molar-refractivity contribution in [1.82, 2.24) is 0 Å². The molecule has 0 aliphatic carbocycles. The van der Waals surface area contributed by atoms with Crippen LogP contribution in [0.4, 0.5) is 8.78 Å². The Morgan fingerprint density at radius 2 is 1.70 bits per heavy atom. The Bertz CT molecular complexity index is 885. The summed E-state index contributed by atoms with van der Waals surface area (Å²) >= 11 is 0. The average Bonchev–Trinajstić information content (AvgIpc) is 2.69. The van der Waals surface area contributed by atoms with Crippen molar-refractivity contribution in [2.45, 2.75) is 20.8 Å². The molecule has 0 aromatic heterocycles. The van der Waals surface area contributed by atoms with Gasteiger partial charge in [0.1, 0.15) is 6.61 Å². The third-order valence-corrected chi connectivity index (χ3v) is 3.97. The first-order valence-corrected chi connectivity index (χ1v) is 9.48. The first-order chi connectivity index (χ1) is 14.2. The Morgan fingerprint density at radius 1 is 1.03 bits per heavy atom. The second kappa shape index (κ2) is 10.7. The van der Waals surface area contributed by atoms with Gasteiger partial charge in [-0.25, -0.2) is 13.6 Å². The van der Waals surface area contributed by atoms with Gasteiger partial charge >= 0.3 is 5.97 Å². The summed E-state index contributed by atoms with van der Waals surface area (Å²) in [5.41, 5.74) is 0.992. The number of carbonyl (C=O) groups is 1. The van der Waals surface area contributed by atoms with Crippen molar-refractivity contribution in [3.05, 3.63) is 54.1 Å². The van der Waals surface area contributed by atoms with Crippen LogP contribution in [-0.2, 0) is 9.53 Å². The summed E-state index contributed by atoms with van der Waals surface area (Å²) in [6.07, 6.45) is 0. The van der Waals surface area contributed by atoms with E-state index in [1.807, 2.05) is 13.8 Å². The highest BCUT2D eigenvalue weighted by molar-refractivity contribution is 5.89. The second-order valence-corrected chi connectivity index (χ2v) is 7.12. The zero-order valence-electron chi connectivity index (χ0n) is 17.6. The molecule has 2 rings (SSSR count). The van der Waals surface area contributed by atoms with Gasteiger partial charge in [0.15, 0.2) is 28.9 Å². The van der Waals surface area contributed by atoms with Crippen molar-refractivity contribution in [1.29, 1.82) is 0 Å². The summed E-state index contributed by atoms with van der Waals surface area (Å²) in [6.45, 7) is 9.88. The van der Waals surface area contributed by atoms with Gasteiger partial charge in [0, 0.05) is 12.2 Å². The summed E-state index contributed by atoms with van der Waals surface area (Å²) in [5, 5.41) is 0.